The quantitative estimate of drug-likeness (QED) is 0.824. The van der Waals surface area contributed by atoms with E-state index in [-0.39, 0.29) is 18.3 Å². The minimum Gasteiger partial charge on any atom is -0.508 e. The molecule has 0 bridgehead atoms. The number of phenolic OH excluding ortho intramolecular Hbond substituents is 1. The first kappa shape index (κ1) is 14.7. The van der Waals surface area contributed by atoms with Crippen molar-refractivity contribution >= 4 is 11.6 Å². The Morgan fingerprint density at radius 3 is 2.71 bits per heavy atom. The van der Waals surface area contributed by atoms with Crippen LogP contribution in [0, 0.1) is 0 Å². The van der Waals surface area contributed by atoms with Crippen molar-refractivity contribution in [1.29, 1.82) is 0 Å². The van der Waals surface area contributed by atoms with E-state index in [0.717, 1.165) is 5.56 Å². The largest absolute Gasteiger partial charge is 0.508 e. The van der Waals surface area contributed by atoms with Gasteiger partial charge in [0.25, 0.3) is 5.91 Å². The number of phenols is 1. The summed E-state index contributed by atoms with van der Waals surface area (Å²) in [6.45, 7) is 0.324. The summed E-state index contributed by atoms with van der Waals surface area (Å²) in [5.41, 5.74) is 7.10. The third-order valence-electron chi connectivity index (χ3n) is 3.03. The van der Waals surface area contributed by atoms with Gasteiger partial charge in [-0.3, -0.25) is 4.79 Å². The lowest BCUT2D eigenvalue weighted by Gasteiger charge is -2.18. The van der Waals surface area contributed by atoms with Crippen LogP contribution in [-0.4, -0.2) is 29.6 Å². The van der Waals surface area contributed by atoms with Gasteiger partial charge in [0.2, 0.25) is 0 Å². The van der Waals surface area contributed by atoms with E-state index < -0.39 is 0 Å². The fourth-order valence-corrected chi connectivity index (χ4v) is 1.88. The second kappa shape index (κ2) is 6.65. The molecule has 1 amide bonds. The second-order valence-corrected chi connectivity index (χ2v) is 4.75. The fourth-order valence-electron chi connectivity index (χ4n) is 1.88. The number of anilines is 1. The molecule has 0 aliphatic carbocycles. The standard InChI is InChI=1S/C16H18N2O3/c1-18(10-12-5-4-6-13(19)9-12)16(20)11-21-15-8-3-2-7-14(15)17/h2-9,19H,10-11,17H2,1H3. The highest BCUT2D eigenvalue weighted by atomic mass is 16.5. The number of rotatable bonds is 5. The van der Waals surface area contributed by atoms with Crippen molar-refractivity contribution in [3.63, 3.8) is 0 Å². The molecule has 0 spiro atoms. The number of nitrogens with two attached hydrogens (primary N) is 1. The summed E-state index contributed by atoms with van der Waals surface area (Å²) in [6, 6.07) is 13.8. The van der Waals surface area contributed by atoms with E-state index in [1.165, 1.54) is 4.90 Å². The number of para-hydroxylation sites is 2. The van der Waals surface area contributed by atoms with Crippen LogP contribution in [0.2, 0.25) is 0 Å². The molecule has 0 heterocycles. The van der Waals surface area contributed by atoms with Gasteiger partial charge in [0, 0.05) is 13.6 Å². The molecule has 5 heteroatoms. The number of aromatic hydroxyl groups is 1. The van der Waals surface area contributed by atoms with Crippen molar-refractivity contribution in [2.45, 2.75) is 6.54 Å². The zero-order valence-corrected chi connectivity index (χ0v) is 11.8. The van der Waals surface area contributed by atoms with Gasteiger partial charge in [0.05, 0.1) is 5.69 Å². The van der Waals surface area contributed by atoms with Crippen molar-refractivity contribution < 1.29 is 14.6 Å². The molecule has 2 aromatic rings. The molecule has 0 saturated carbocycles. The minimum absolute atomic E-state index is 0.0798. The lowest BCUT2D eigenvalue weighted by Crippen LogP contribution is -2.31. The summed E-state index contributed by atoms with van der Waals surface area (Å²) < 4.78 is 5.42. The molecule has 5 nitrogen and oxygen atoms in total. The molecule has 0 unspecified atom stereocenters. The number of hydrogen-bond acceptors (Lipinski definition) is 4. The van der Waals surface area contributed by atoms with E-state index in [2.05, 4.69) is 0 Å². The minimum atomic E-state index is -0.165. The highest BCUT2D eigenvalue weighted by Crippen LogP contribution is 2.19. The number of nitrogens with zero attached hydrogens (tertiary/aromatic N) is 1. The number of likely N-dealkylation sites (N-methyl/N-ethyl adjacent to an activating group) is 1. The lowest BCUT2D eigenvalue weighted by molar-refractivity contribution is -0.132. The first-order valence-corrected chi connectivity index (χ1v) is 6.55. The van der Waals surface area contributed by atoms with E-state index in [9.17, 15) is 9.90 Å². The van der Waals surface area contributed by atoms with Crippen LogP contribution in [0.25, 0.3) is 0 Å². The zero-order valence-electron chi connectivity index (χ0n) is 11.8. The van der Waals surface area contributed by atoms with Gasteiger partial charge in [-0.2, -0.15) is 0 Å². The number of hydrogen-bond donors (Lipinski definition) is 2. The highest BCUT2D eigenvalue weighted by Gasteiger charge is 2.11. The first-order valence-electron chi connectivity index (χ1n) is 6.55. The molecule has 0 fully saturated rings. The van der Waals surface area contributed by atoms with Crippen molar-refractivity contribution in [3.05, 3.63) is 54.1 Å². The molecule has 0 saturated heterocycles. The van der Waals surface area contributed by atoms with E-state index in [1.807, 2.05) is 6.07 Å². The molecule has 2 rings (SSSR count). The molecular weight excluding hydrogens is 268 g/mol. The molecule has 2 aromatic carbocycles. The van der Waals surface area contributed by atoms with E-state index in [0.29, 0.717) is 18.0 Å². The molecule has 0 aliphatic rings. The van der Waals surface area contributed by atoms with Crippen LogP contribution in [0.15, 0.2) is 48.5 Å². The Labute approximate surface area is 123 Å². The average molecular weight is 286 g/mol. The number of carbonyl (C=O) groups excluding carboxylic acids is 1. The van der Waals surface area contributed by atoms with Crippen molar-refractivity contribution in [2.24, 2.45) is 0 Å². The first-order chi connectivity index (χ1) is 10.1. The Hall–Kier alpha value is -2.69. The smallest absolute Gasteiger partial charge is 0.260 e. The maximum Gasteiger partial charge on any atom is 0.260 e. The van der Waals surface area contributed by atoms with Gasteiger partial charge in [-0.25, -0.2) is 0 Å². The normalized spacial score (nSPS) is 10.1. The summed E-state index contributed by atoms with van der Waals surface area (Å²) in [7, 11) is 1.68. The average Bonchev–Trinajstić information content (AvgIpc) is 2.46. The van der Waals surface area contributed by atoms with Gasteiger partial charge in [0.1, 0.15) is 11.5 Å². The van der Waals surface area contributed by atoms with Crippen molar-refractivity contribution in [3.8, 4) is 11.5 Å². The van der Waals surface area contributed by atoms with Gasteiger partial charge in [-0.1, -0.05) is 24.3 Å². The third-order valence-corrected chi connectivity index (χ3v) is 3.03. The van der Waals surface area contributed by atoms with Crippen molar-refractivity contribution in [1.82, 2.24) is 4.90 Å². The van der Waals surface area contributed by atoms with Gasteiger partial charge in [-0.15, -0.1) is 0 Å². The van der Waals surface area contributed by atoms with Crippen LogP contribution >= 0.6 is 0 Å². The summed E-state index contributed by atoms with van der Waals surface area (Å²) >= 11 is 0. The maximum absolute atomic E-state index is 12.0. The number of nitrogen functional groups attached to an aromatic ring is 1. The molecule has 0 aliphatic heterocycles. The van der Waals surface area contributed by atoms with Crippen molar-refractivity contribution in [2.75, 3.05) is 19.4 Å². The fraction of sp³-hybridized carbons (Fsp3) is 0.188. The van der Waals surface area contributed by atoms with E-state index in [4.69, 9.17) is 10.5 Å². The van der Waals surface area contributed by atoms with Crippen LogP contribution in [0.3, 0.4) is 0 Å². The summed E-state index contributed by atoms with van der Waals surface area (Å²) in [4.78, 5) is 13.6. The van der Waals surface area contributed by atoms with Gasteiger partial charge < -0.3 is 20.5 Å². The SMILES string of the molecule is CN(Cc1cccc(O)c1)C(=O)COc1ccccc1N. The van der Waals surface area contributed by atoms with Crippen LogP contribution in [0.5, 0.6) is 11.5 Å². The number of carbonyl (C=O) groups is 1. The predicted molar refractivity (Wildman–Crippen MR) is 80.9 cm³/mol. The van der Waals surface area contributed by atoms with Gasteiger partial charge in [-0.05, 0) is 29.8 Å². The van der Waals surface area contributed by atoms with Crippen LogP contribution < -0.4 is 10.5 Å². The second-order valence-electron chi connectivity index (χ2n) is 4.75. The predicted octanol–water partition coefficient (Wildman–Crippen LogP) is 2.01. The van der Waals surface area contributed by atoms with E-state index in [1.54, 1.807) is 49.5 Å². The Morgan fingerprint density at radius 1 is 1.24 bits per heavy atom. The molecular formula is C16H18N2O3. The number of amides is 1. The summed E-state index contributed by atoms with van der Waals surface area (Å²) in [5.74, 6) is 0.514. The van der Waals surface area contributed by atoms with E-state index >= 15 is 0 Å². The number of ether oxygens (including phenoxy) is 1. The zero-order chi connectivity index (χ0) is 15.2. The molecule has 3 N–H and O–H groups in total. The lowest BCUT2D eigenvalue weighted by atomic mass is 10.2. The molecule has 0 atom stereocenters. The molecule has 0 aromatic heterocycles. The summed E-state index contributed by atoms with van der Waals surface area (Å²) in [6.07, 6.45) is 0. The Kier molecular flexibility index (Phi) is 4.66. The Balaban J connectivity index is 1.90. The van der Waals surface area contributed by atoms with Crippen LogP contribution in [0.1, 0.15) is 5.56 Å². The molecule has 21 heavy (non-hydrogen) atoms. The Bertz CT molecular complexity index is 628. The molecule has 0 radical (unpaired) electrons. The van der Waals surface area contributed by atoms with Gasteiger partial charge >= 0.3 is 0 Å². The third kappa shape index (κ3) is 4.14. The molecule has 110 valence electrons. The summed E-state index contributed by atoms with van der Waals surface area (Å²) in [5, 5.41) is 9.41. The van der Waals surface area contributed by atoms with Gasteiger partial charge in [0.15, 0.2) is 6.61 Å². The topological polar surface area (TPSA) is 75.8 Å². The number of benzene rings is 2. The van der Waals surface area contributed by atoms with Crippen LogP contribution in [-0.2, 0) is 11.3 Å². The Morgan fingerprint density at radius 2 is 2.00 bits per heavy atom. The maximum atomic E-state index is 12.0. The van der Waals surface area contributed by atoms with Crippen LogP contribution in [0.4, 0.5) is 5.69 Å². The highest BCUT2D eigenvalue weighted by molar-refractivity contribution is 5.77. The monoisotopic (exact) mass is 286 g/mol.